The second kappa shape index (κ2) is 5.05. The standard InChI is InChI=1S/C16H20ClNO2/c1-11-7-12(4-5-14(11)17)8-18-9-13-3-2-6-16(13,10-18)15(19)20/h4-5,7,13H,2-3,6,8-10H2,1H3,(H,19,20)/t13-,16+/m0/s1. The molecule has 1 aliphatic carbocycles. The average molecular weight is 294 g/mol. The van der Waals surface area contributed by atoms with E-state index in [1.54, 1.807) is 0 Å². The maximum absolute atomic E-state index is 11.7. The van der Waals surface area contributed by atoms with Crippen LogP contribution in [-0.4, -0.2) is 29.1 Å². The zero-order valence-electron chi connectivity index (χ0n) is 11.7. The van der Waals surface area contributed by atoms with Gasteiger partial charge in [-0.3, -0.25) is 9.69 Å². The summed E-state index contributed by atoms with van der Waals surface area (Å²) in [5.41, 5.74) is 1.81. The summed E-state index contributed by atoms with van der Waals surface area (Å²) in [6, 6.07) is 6.07. The van der Waals surface area contributed by atoms with Crippen molar-refractivity contribution < 1.29 is 9.90 Å². The summed E-state index contributed by atoms with van der Waals surface area (Å²) in [4.78, 5) is 13.9. The summed E-state index contributed by atoms with van der Waals surface area (Å²) in [7, 11) is 0. The Morgan fingerprint density at radius 3 is 3.00 bits per heavy atom. The van der Waals surface area contributed by atoms with Crippen LogP contribution < -0.4 is 0 Å². The number of aryl methyl sites for hydroxylation is 1. The fourth-order valence-electron chi connectivity index (χ4n) is 3.93. The van der Waals surface area contributed by atoms with Gasteiger partial charge in [0.2, 0.25) is 0 Å². The van der Waals surface area contributed by atoms with Gasteiger partial charge in [0.25, 0.3) is 0 Å². The van der Waals surface area contributed by atoms with E-state index < -0.39 is 11.4 Å². The SMILES string of the molecule is Cc1cc(CN2C[C@@H]3CCC[C@@]3(C(=O)O)C2)ccc1Cl. The van der Waals surface area contributed by atoms with E-state index in [9.17, 15) is 9.90 Å². The van der Waals surface area contributed by atoms with Gasteiger partial charge in [-0.1, -0.05) is 30.2 Å². The number of likely N-dealkylation sites (tertiary alicyclic amines) is 1. The molecule has 0 spiro atoms. The van der Waals surface area contributed by atoms with E-state index >= 15 is 0 Å². The van der Waals surface area contributed by atoms with Crippen molar-refractivity contribution in [3.05, 3.63) is 34.3 Å². The average Bonchev–Trinajstić information content (AvgIpc) is 2.91. The van der Waals surface area contributed by atoms with Crippen molar-refractivity contribution >= 4 is 17.6 Å². The van der Waals surface area contributed by atoms with Gasteiger partial charge in [-0.15, -0.1) is 0 Å². The van der Waals surface area contributed by atoms with Crippen molar-refractivity contribution in [1.29, 1.82) is 0 Å². The molecule has 1 N–H and O–H groups in total. The second-order valence-corrected chi connectivity index (χ2v) is 6.71. The van der Waals surface area contributed by atoms with E-state index in [1.165, 1.54) is 5.56 Å². The molecule has 0 aromatic heterocycles. The molecule has 0 unspecified atom stereocenters. The summed E-state index contributed by atoms with van der Waals surface area (Å²) in [5, 5.41) is 10.4. The number of hydrogen-bond acceptors (Lipinski definition) is 2. The highest BCUT2D eigenvalue weighted by Crippen LogP contribution is 2.49. The van der Waals surface area contributed by atoms with Crippen molar-refractivity contribution in [2.45, 2.75) is 32.7 Å². The number of rotatable bonds is 3. The lowest BCUT2D eigenvalue weighted by molar-refractivity contribution is -0.149. The largest absolute Gasteiger partial charge is 0.481 e. The molecule has 1 heterocycles. The van der Waals surface area contributed by atoms with Crippen LogP contribution in [-0.2, 0) is 11.3 Å². The van der Waals surface area contributed by atoms with Crippen LogP contribution in [0.4, 0.5) is 0 Å². The lowest BCUT2D eigenvalue weighted by Gasteiger charge is -2.23. The van der Waals surface area contributed by atoms with E-state index in [0.717, 1.165) is 42.9 Å². The first-order chi connectivity index (χ1) is 9.51. The summed E-state index contributed by atoms with van der Waals surface area (Å²) in [6.45, 7) is 4.43. The Morgan fingerprint density at radius 1 is 1.55 bits per heavy atom. The van der Waals surface area contributed by atoms with Gasteiger partial charge in [-0.25, -0.2) is 0 Å². The maximum atomic E-state index is 11.7. The highest BCUT2D eigenvalue weighted by Gasteiger charge is 2.54. The molecule has 1 aromatic carbocycles. The molecule has 1 saturated heterocycles. The molecule has 0 radical (unpaired) electrons. The number of carboxylic acid groups (broad SMARTS) is 1. The third-order valence-electron chi connectivity index (χ3n) is 5.00. The highest BCUT2D eigenvalue weighted by molar-refractivity contribution is 6.31. The molecular weight excluding hydrogens is 274 g/mol. The molecule has 1 aliphatic heterocycles. The molecule has 2 atom stereocenters. The molecule has 1 aromatic rings. The minimum Gasteiger partial charge on any atom is -0.481 e. The topological polar surface area (TPSA) is 40.5 Å². The van der Waals surface area contributed by atoms with Gasteiger partial charge >= 0.3 is 5.97 Å². The monoisotopic (exact) mass is 293 g/mol. The quantitative estimate of drug-likeness (QED) is 0.929. The summed E-state index contributed by atoms with van der Waals surface area (Å²) in [6.07, 6.45) is 2.95. The van der Waals surface area contributed by atoms with E-state index in [0.29, 0.717) is 12.5 Å². The van der Waals surface area contributed by atoms with E-state index in [1.807, 2.05) is 19.1 Å². The number of hydrogen-bond donors (Lipinski definition) is 1. The van der Waals surface area contributed by atoms with Crippen molar-refractivity contribution in [1.82, 2.24) is 4.90 Å². The lowest BCUT2D eigenvalue weighted by Crippen LogP contribution is -2.35. The summed E-state index contributed by atoms with van der Waals surface area (Å²) in [5.74, 6) is -0.275. The van der Waals surface area contributed by atoms with Crippen LogP contribution in [0.5, 0.6) is 0 Å². The van der Waals surface area contributed by atoms with Crippen LogP contribution in [0.15, 0.2) is 18.2 Å². The molecule has 108 valence electrons. The number of benzene rings is 1. The molecule has 0 amide bonds. The van der Waals surface area contributed by atoms with Crippen molar-refractivity contribution in [3.63, 3.8) is 0 Å². The number of halogens is 1. The Hall–Kier alpha value is -1.06. The zero-order valence-corrected chi connectivity index (χ0v) is 12.5. The van der Waals surface area contributed by atoms with Gasteiger partial charge in [-0.2, -0.15) is 0 Å². The zero-order chi connectivity index (χ0) is 14.3. The Kier molecular flexibility index (Phi) is 3.51. The van der Waals surface area contributed by atoms with Gasteiger partial charge in [0.1, 0.15) is 0 Å². The fourth-order valence-corrected chi connectivity index (χ4v) is 4.04. The third-order valence-corrected chi connectivity index (χ3v) is 5.42. The Balaban J connectivity index is 1.74. The molecule has 1 saturated carbocycles. The second-order valence-electron chi connectivity index (χ2n) is 6.30. The summed E-state index contributed by atoms with van der Waals surface area (Å²) < 4.78 is 0. The van der Waals surface area contributed by atoms with Gasteiger partial charge < -0.3 is 5.11 Å². The molecule has 3 nitrogen and oxygen atoms in total. The van der Waals surface area contributed by atoms with E-state index in [4.69, 9.17) is 11.6 Å². The van der Waals surface area contributed by atoms with Crippen LogP contribution in [0, 0.1) is 18.3 Å². The number of aliphatic carboxylic acids is 1. The lowest BCUT2D eigenvalue weighted by atomic mass is 9.81. The molecule has 20 heavy (non-hydrogen) atoms. The summed E-state index contributed by atoms with van der Waals surface area (Å²) >= 11 is 6.05. The predicted molar refractivity (Wildman–Crippen MR) is 78.9 cm³/mol. The molecule has 2 fully saturated rings. The third kappa shape index (κ3) is 2.23. The normalized spacial score (nSPS) is 29.6. The molecule has 2 aliphatic rings. The Labute approximate surface area is 124 Å². The van der Waals surface area contributed by atoms with Gasteiger partial charge in [0.15, 0.2) is 0 Å². The first-order valence-corrected chi connectivity index (χ1v) is 7.60. The van der Waals surface area contributed by atoms with E-state index in [2.05, 4.69) is 11.0 Å². The Morgan fingerprint density at radius 2 is 2.35 bits per heavy atom. The Bertz CT molecular complexity index is 545. The van der Waals surface area contributed by atoms with E-state index in [-0.39, 0.29) is 0 Å². The molecule has 4 heteroatoms. The van der Waals surface area contributed by atoms with Crippen molar-refractivity contribution in [2.75, 3.05) is 13.1 Å². The fraction of sp³-hybridized carbons (Fsp3) is 0.562. The minimum atomic E-state index is -0.602. The smallest absolute Gasteiger partial charge is 0.311 e. The number of carbonyl (C=O) groups is 1. The first-order valence-electron chi connectivity index (χ1n) is 7.22. The first kappa shape index (κ1) is 13.9. The number of nitrogens with zero attached hydrogens (tertiary/aromatic N) is 1. The number of fused-ring (bicyclic) bond motifs is 1. The van der Waals surface area contributed by atoms with Crippen LogP contribution in [0.2, 0.25) is 5.02 Å². The van der Waals surface area contributed by atoms with Crippen molar-refractivity contribution in [2.24, 2.45) is 11.3 Å². The predicted octanol–water partition coefficient (Wildman–Crippen LogP) is 3.34. The molecule has 0 bridgehead atoms. The van der Waals surface area contributed by atoms with Crippen molar-refractivity contribution in [3.8, 4) is 0 Å². The molecular formula is C16H20ClNO2. The van der Waals surface area contributed by atoms with Gasteiger partial charge in [0, 0.05) is 24.7 Å². The molecule has 3 rings (SSSR count). The van der Waals surface area contributed by atoms with Crippen LogP contribution in [0.25, 0.3) is 0 Å². The minimum absolute atomic E-state index is 0.327. The highest BCUT2D eigenvalue weighted by atomic mass is 35.5. The van der Waals surface area contributed by atoms with Crippen LogP contribution >= 0.6 is 11.6 Å². The maximum Gasteiger partial charge on any atom is 0.311 e. The van der Waals surface area contributed by atoms with Gasteiger partial charge in [-0.05, 0) is 42.9 Å². The van der Waals surface area contributed by atoms with Gasteiger partial charge in [0.05, 0.1) is 5.41 Å². The van der Waals surface area contributed by atoms with Crippen LogP contribution in [0.1, 0.15) is 30.4 Å². The number of carboxylic acids is 1. The van der Waals surface area contributed by atoms with Crippen LogP contribution in [0.3, 0.4) is 0 Å².